The Morgan fingerprint density at radius 1 is 1.03 bits per heavy atom. The van der Waals surface area contributed by atoms with Gasteiger partial charge < -0.3 is 24.7 Å². The van der Waals surface area contributed by atoms with E-state index in [2.05, 4.69) is 53.3 Å². The average Bonchev–Trinajstić information content (AvgIpc) is 3.24. The number of hydrogen-bond donors (Lipinski definition) is 2. The first-order valence-electron chi connectivity index (χ1n) is 14.4. The summed E-state index contributed by atoms with van der Waals surface area (Å²) in [5.41, 5.74) is 6.51. The first-order chi connectivity index (χ1) is 18.1. The fourth-order valence-corrected chi connectivity index (χ4v) is 5.85. The van der Waals surface area contributed by atoms with Gasteiger partial charge in [0.05, 0.1) is 11.7 Å². The van der Waals surface area contributed by atoms with Crippen molar-refractivity contribution in [3.63, 3.8) is 0 Å². The number of nitrogens with zero attached hydrogens (tertiary/aromatic N) is 3. The Hall–Kier alpha value is -2.54. The molecule has 1 atom stereocenters. The molecule has 0 saturated carbocycles. The van der Waals surface area contributed by atoms with Crippen molar-refractivity contribution in [1.29, 1.82) is 0 Å². The van der Waals surface area contributed by atoms with Crippen LogP contribution in [0.2, 0.25) is 0 Å². The summed E-state index contributed by atoms with van der Waals surface area (Å²) in [6.07, 6.45) is 6.06. The molecule has 3 aliphatic rings. The van der Waals surface area contributed by atoms with E-state index in [9.17, 15) is 10.2 Å². The number of phenols is 1. The van der Waals surface area contributed by atoms with Crippen molar-refractivity contribution in [2.75, 3.05) is 55.7 Å². The van der Waals surface area contributed by atoms with Gasteiger partial charge in [-0.1, -0.05) is 13.5 Å². The van der Waals surface area contributed by atoms with E-state index in [0.29, 0.717) is 11.9 Å². The van der Waals surface area contributed by atoms with Gasteiger partial charge in [-0.3, -0.25) is 4.90 Å². The quantitative estimate of drug-likeness (QED) is 0.545. The molecule has 0 spiro atoms. The zero-order valence-corrected chi connectivity index (χ0v) is 23.9. The maximum absolute atomic E-state index is 10.2. The summed E-state index contributed by atoms with van der Waals surface area (Å²) in [6, 6.07) is 12.4. The van der Waals surface area contributed by atoms with E-state index in [4.69, 9.17) is 4.74 Å². The molecule has 2 aromatic rings. The number of β-amino-alcohol motifs (C(OH)–C–C–N with tert-alkyl or cyclic N) is 1. The van der Waals surface area contributed by atoms with Crippen LogP contribution < -0.4 is 9.80 Å². The second kappa shape index (κ2) is 12.5. The third kappa shape index (κ3) is 7.31. The number of phenolic OH excluding ortho intramolecular Hbond substituents is 1. The van der Waals surface area contributed by atoms with Crippen LogP contribution in [0.1, 0.15) is 63.6 Å². The lowest BCUT2D eigenvalue weighted by molar-refractivity contribution is 0.0385. The maximum atomic E-state index is 10.2. The number of ether oxygens (including phenoxy) is 1. The molecule has 6 heteroatoms. The van der Waals surface area contributed by atoms with E-state index in [-0.39, 0.29) is 0 Å². The smallest absolute Gasteiger partial charge is 0.115 e. The van der Waals surface area contributed by atoms with E-state index in [1.807, 2.05) is 26.0 Å². The summed E-state index contributed by atoms with van der Waals surface area (Å²) in [5.74, 6) is 0.321. The number of hydrogen-bond acceptors (Lipinski definition) is 6. The second-order valence-corrected chi connectivity index (χ2v) is 11.6. The van der Waals surface area contributed by atoms with Crippen LogP contribution in [-0.2, 0) is 17.6 Å². The molecule has 3 heterocycles. The van der Waals surface area contributed by atoms with Gasteiger partial charge in [0, 0.05) is 68.5 Å². The molecule has 2 fully saturated rings. The Kier molecular flexibility index (Phi) is 9.40. The van der Waals surface area contributed by atoms with E-state index >= 15 is 0 Å². The summed E-state index contributed by atoms with van der Waals surface area (Å²) in [7, 11) is 0. The van der Waals surface area contributed by atoms with Gasteiger partial charge in [0.15, 0.2) is 0 Å². The van der Waals surface area contributed by atoms with Crippen LogP contribution in [0.5, 0.6) is 5.75 Å². The number of anilines is 2. The number of fused-ring (bicyclic) bond motifs is 1. The molecule has 208 valence electrons. The lowest BCUT2D eigenvalue weighted by Gasteiger charge is -2.34. The van der Waals surface area contributed by atoms with E-state index in [0.717, 1.165) is 76.4 Å². The van der Waals surface area contributed by atoms with E-state index in [1.54, 1.807) is 6.07 Å². The Morgan fingerprint density at radius 3 is 2.50 bits per heavy atom. The van der Waals surface area contributed by atoms with Gasteiger partial charge in [-0.25, -0.2) is 0 Å². The minimum Gasteiger partial charge on any atom is -0.508 e. The molecule has 2 aromatic carbocycles. The summed E-state index contributed by atoms with van der Waals surface area (Å²) >= 11 is 0. The van der Waals surface area contributed by atoms with Crippen molar-refractivity contribution in [1.82, 2.24) is 4.90 Å². The Balaban J connectivity index is 0.000000494. The van der Waals surface area contributed by atoms with Crippen LogP contribution in [0, 0.1) is 0 Å². The Morgan fingerprint density at radius 2 is 1.84 bits per heavy atom. The zero-order valence-electron chi connectivity index (χ0n) is 23.9. The van der Waals surface area contributed by atoms with Crippen LogP contribution in [-0.4, -0.2) is 72.7 Å². The number of benzene rings is 2. The fourth-order valence-electron chi connectivity index (χ4n) is 5.85. The van der Waals surface area contributed by atoms with Crippen LogP contribution in [0.4, 0.5) is 11.4 Å². The monoisotopic (exact) mass is 521 g/mol. The molecule has 3 aliphatic heterocycles. The maximum Gasteiger partial charge on any atom is 0.115 e. The van der Waals surface area contributed by atoms with Gasteiger partial charge in [0.1, 0.15) is 5.75 Å². The third-order valence-corrected chi connectivity index (χ3v) is 7.78. The first kappa shape index (κ1) is 28.5. The molecule has 2 saturated heterocycles. The van der Waals surface area contributed by atoms with Gasteiger partial charge in [0.25, 0.3) is 0 Å². The van der Waals surface area contributed by atoms with Crippen molar-refractivity contribution in [2.24, 2.45) is 0 Å². The SMILES string of the molecule is C=C1c2ccc(O)cc2CCN1c1ccc(N2CCCN(CC(C)(C)O)CC2)c(CC)c1.C[C@@H]1CCCO1. The Bertz CT molecular complexity index is 1090. The van der Waals surface area contributed by atoms with Crippen LogP contribution in [0.3, 0.4) is 0 Å². The lowest BCUT2D eigenvalue weighted by Crippen LogP contribution is -2.40. The van der Waals surface area contributed by atoms with E-state index < -0.39 is 5.60 Å². The molecule has 0 amide bonds. The minimum absolute atomic E-state index is 0.321. The minimum atomic E-state index is -0.653. The number of aromatic hydroxyl groups is 1. The molecular formula is C32H47N3O3. The van der Waals surface area contributed by atoms with Gasteiger partial charge >= 0.3 is 0 Å². The standard InChI is InChI=1S/C27H37N3O2.C5H10O/c1-5-21-17-23(30-14-11-22-18-24(31)8-9-25(22)20(30)2)7-10-26(21)29-13-6-12-28(15-16-29)19-27(3,4)32;1-5-3-2-4-6-5/h7-10,17-18,31-32H,2,5-6,11-16,19H2,1,3-4H3;5H,2-4H2,1H3/t;5-/m.1/s1. The highest BCUT2D eigenvalue weighted by Crippen LogP contribution is 2.36. The predicted molar refractivity (Wildman–Crippen MR) is 158 cm³/mol. The summed E-state index contributed by atoms with van der Waals surface area (Å²) in [6.45, 7) is 19.1. The highest BCUT2D eigenvalue weighted by atomic mass is 16.5. The number of aliphatic hydroxyl groups is 1. The molecule has 2 N–H and O–H groups in total. The zero-order chi connectivity index (χ0) is 27.3. The molecule has 38 heavy (non-hydrogen) atoms. The predicted octanol–water partition coefficient (Wildman–Crippen LogP) is 5.46. The van der Waals surface area contributed by atoms with Gasteiger partial charge in [-0.15, -0.1) is 0 Å². The van der Waals surface area contributed by atoms with Crippen molar-refractivity contribution in [2.45, 2.75) is 71.5 Å². The topological polar surface area (TPSA) is 59.4 Å². The van der Waals surface area contributed by atoms with E-state index in [1.165, 1.54) is 35.3 Å². The summed E-state index contributed by atoms with van der Waals surface area (Å²) in [5, 5.41) is 20.0. The largest absolute Gasteiger partial charge is 0.508 e. The molecule has 0 bridgehead atoms. The summed E-state index contributed by atoms with van der Waals surface area (Å²) < 4.78 is 5.15. The normalized spacial score (nSPS) is 20.6. The first-order valence-corrected chi connectivity index (χ1v) is 14.4. The van der Waals surface area contributed by atoms with Crippen molar-refractivity contribution in [3.8, 4) is 5.75 Å². The molecule has 6 nitrogen and oxygen atoms in total. The Labute approximate surface area is 229 Å². The van der Waals surface area contributed by atoms with Crippen molar-refractivity contribution in [3.05, 3.63) is 59.7 Å². The number of rotatable bonds is 5. The molecule has 0 unspecified atom stereocenters. The molecule has 5 rings (SSSR count). The van der Waals surface area contributed by atoms with Gasteiger partial charge in [-0.05, 0) is 100 Å². The van der Waals surface area contributed by atoms with Gasteiger partial charge in [-0.2, -0.15) is 0 Å². The van der Waals surface area contributed by atoms with Crippen LogP contribution >= 0.6 is 0 Å². The van der Waals surface area contributed by atoms with Crippen molar-refractivity contribution < 1.29 is 14.9 Å². The van der Waals surface area contributed by atoms with Gasteiger partial charge in [0.2, 0.25) is 0 Å². The highest BCUT2D eigenvalue weighted by molar-refractivity contribution is 5.82. The molecular weight excluding hydrogens is 474 g/mol. The van der Waals surface area contributed by atoms with Crippen molar-refractivity contribution >= 4 is 17.1 Å². The van der Waals surface area contributed by atoms with Crippen LogP contribution in [0.15, 0.2) is 43.0 Å². The number of aryl methyl sites for hydroxylation is 1. The second-order valence-electron chi connectivity index (χ2n) is 11.6. The molecule has 0 aliphatic carbocycles. The summed E-state index contributed by atoms with van der Waals surface area (Å²) in [4.78, 5) is 7.19. The molecule has 0 aromatic heterocycles. The van der Waals surface area contributed by atoms with Crippen LogP contribution in [0.25, 0.3) is 5.70 Å². The fraction of sp³-hybridized carbons (Fsp3) is 0.562. The molecule has 0 radical (unpaired) electrons. The third-order valence-electron chi connectivity index (χ3n) is 7.78. The lowest BCUT2D eigenvalue weighted by atomic mass is 9.96. The average molecular weight is 522 g/mol. The highest BCUT2D eigenvalue weighted by Gasteiger charge is 2.24.